The van der Waals surface area contributed by atoms with E-state index in [4.69, 9.17) is 0 Å². The van der Waals surface area contributed by atoms with Crippen LogP contribution in [0, 0.1) is 5.21 Å². The molecule has 1 aromatic heterocycles. The van der Waals surface area contributed by atoms with E-state index in [2.05, 4.69) is 5.32 Å². The molecule has 0 spiro atoms. The Balaban J connectivity index is 2.25. The molecule has 1 aromatic rings. The van der Waals surface area contributed by atoms with E-state index in [0.29, 0.717) is 36.6 Å². The highest BCUT2D eigenvalue weighted by Crippen LogP contribution is 2.07. The minimum atomic E-state index is -1.05. The third-order valence-corrected chi connectivity index (χ3v) is 6.12. The van der Waals surface area contributed by atoms with Gasteiger partial charge in [0.1, 0.15) is 18.7 Å². The second kappa shape index (κ2) is 16.1. The number of unbranched alkanes of at least 4 members (excludes halogenated alkanes) is 1. The molecule has 0 radical (unpaired) electrons. The van der Waals surface area contributed by atoms with Gasteiger partial charge in [0.05, 0.1) is 13.1 Å². The molecule has 0 atom stereocenters. The number of nitrogens with one attached hydrogen (secondary N) is 1. The van der Waals surface area contributed by atoms with Crippen LogP contribution in [0.25, 0.3) is 0 Å². The summed E-state index contributed by atoms with van der Waals surface area (Å²) in [5.41, 5.74) is 0.583. The summed E-state index contributed by atoms with van der Waals surface area (Å²) in [7, 11) is 0. The largest absolute Gasteiger partial charge is 0.618 e. The Morgan fingerprint density at radius 3 is 1.92 bits per heavy atom. The van der Waals surface area contributed by atoms with Crippen molar-refractivity contribution in [3.05, 3.63) is 47.2 Å². The van der Waals surface area contributed by atoms with Crippen molar-refractivity contribution >= 4 is 23.8 Å². The number of aromatic nitrogens is 1. The number of rotatable bonds is 12. The van der Waals surface area contributed by atoms with Gasteiger partial charge in [0.2, 0.25) is 5.69 Å². The second-order valence-electron chi connectivity index (χ2n) is 9.32. The molecule has 0 fully saturated rings. The van der Waals surface area contributed by atoms with E-state index in [-0.39, 0.29) is 57.3 Å². The van der Waals surface area contributed by atoms with Gasteiger partial charge < -0.3 is 35.6 Å². The average Bonchev–Trinajstić information content (AvgIpc) is 2.85. The summed E-state index contributed by atoms with van der Waals surface area (Å²) in [6, 6.07) is 3.12. The van der Waals surface area contributed by atoms with Gasteiger partial charge in [-0.05, 0) is 12.5 Å². The van der Waals surface area contributed by atoms with Crippen molar-refractivity contribution in [1.82, 2.24) is 24.9 Å². The summed E-state index contributed by atoms with van der Waals surface area (Å²) in [5, 5.41) is 43.4. The smallest absolute Gasteiger partial charge is 0.323 e. The van der Waals surface area contributed by atoms with E-state index in [0.717, 1.165) is 12.8 Å². The monoisotopic (exact) mass is 550 g/mol. The molecular formula is C25H38N6O8. The Bertz CT molecular complexity index is 1020. The molecule has 14 nitrogen and oxygen atoms in total. The minimum Gasteiger partial charge on any atom is -0.618 e. The van der Waals surface area contributed by atoms with Gasteiger partial charge in [-0.3, -0.25) is 29.0 Å². The van der Waals surface area contributed by atoms with Crippen molar-refractivity contribution < 1.29 is 39.2 Å². The first-order valence-corrected chi connectivity index (χ1v) is 12.8. The topological polar surface area (TPSA) is 181 Å². The van der Waals surface area contributed by atoms with Crippen molar-refractivity contribution in [3.63, 3.8) is 0 Å². The third-order valence-electron chi connectivity index (χ3n) is 6.12. The van der Waals surface area contributed by atoms with Crippen LogP contribution in [0.2, 0.25) is 0 Å². The number of carboxylic acid groups (broad SMARTS) is 3. The van der Waals surface area contributed by atoms with Crippen molar-refractivity contribution in [3.8, 4) is 0 Å². The van der Waals surface area contributed by atoms with Crippen LogP contribution in [-0.4, -0.2) is 124 Å². The summed E-state index contributed by atoms with van der Waals surface area (Å²) < 4.78 is 0.618. The first-order chi connectivity index (χ1) is 18.6. The zero-order chi connectivity index (χ0) is 28.8. The highest BCUT2D eigenvalue weighted by Gasteiger charge is 2.19. The van der Waals surface area contributed by atoms with Crippen molar-refractivity contribution in [2.24, 2.45) is 0 Å². The van der Waals surface area contributed by atoms with Gasteiger partial charge in [-0.25, -0.2) is 0 Å². The maximum absolute atomic E-state index is 12.7. The minimum absolute atomic E-state index is 0.130. The maximum Gasteiger partial charge on any atom is 0.323 e. The standard InChI is InChI=1S/C25H38N6O8/c1-2-3-6-26-25(38)20-4-5-21(31(39)15-20)16-27-7-9-28(17-22(32)33)11-13-30(19-24(36)37)14-12-29(10-8-27)18-23(34)35/h4-5,7,9,15H,2-3,6,8,10-14,16-19H2,1H3,(H,26,38)(H,32,33)(H,34,35)(H,36,37)/b9-7-. The molecule has 0 saturated heterocycles. The zero-order valence-corrected chi connectivity index (χ0v) is 22.2. The molecule has 216 valence electrons. The summed E-state index contributed by atoms with van der Waals surface area (Å²) in [4.78, 5) is 53.0. The number of hydrogen-bond donors (Lipinski definition) is 4. The van der Waals surface area contributed by atoms with Crippen molar-refractivity contribution in [1.29, 1.82) is 0 Å². The maximum atomic E-state index is 12.7. The number of carboxylic acids is 3. The number of aliphatic carboxylic acids is 3. The lowest BCUT2D eigenvalue weighted by molar-refractivity contribution is -0.615. The zero-order valence-electron chi connectivity index (χ0n) is 22.2. The quantitative estimate of drug-likeness (QED) is 0.146. The van der Waals surface area contributed by atoms with Crippen LogP contribution in [0.15, 0.2) is 30.7 Å². The van der Waals surface area contributed by atoms with Gasteiger partial charge in [0.15, 0.2) is 6.20 Å². The number of pyridine rings is 1. The molecule has 39 heavy (non-hydrogen) atoms. The predicted molar refractivity (Wildman–Crippen MR) is 140 cm³/mol. The summed E-state index contributed by atoms with van der Waals surface area (Å²) in [6.45, 7) is 3.52. The molecule has 1 aliphatic heterocycles. The molecule has 2 rings (SSSR count). The Morgan fingerprint density at radius 2 is 1.38 bits per heavy atom. The van der Waals surface area contributed by atoms with Gasteiger partial charge in [0.25, 0.3) is 5.91 Å². The van der Waals surface area contributed by atoms with Crippen LogP contribution in [0.1, 0.15) is 35.8 Å². The second-order valence-corrected chi connectivity index (χ2v) is 9.32. The summed E-state index contributed by atoms with van der Waals surface area (Å²) >= 11 is 0. The average molecular weight is 551 g/mol. The normalized spacial score (nSPS) is 16.6. The summed E-state index contributed by atoms with van der Waals surface area (Å²) in [6.07, 6.45) is 6.18. The molecule has 0 aromatic carbocycles. The van der Waals surface area contributed by atoms with Crippen LogP contribution >= 0.6 is 0 Å². The van der Waals surface area contributed by atoms with Gasteiger partial charge in [0, 0.05) is 64.3 Å². The highest BCUT2D eigenvalue weighted by molar-refractivity contribution is 5.93. The molecule has 0 unspecified atom stereocenters. The molecule has 0 aliphatic carbocycles. The highest BCUT2D eigenvalue weighted by atomic mass is 16.5. The Morgan fingerprint density at radius 1 is 0.846 bits per heavy atom. The van der Waals surface area contributed by atoms with Crippen LogP contribution in [0.3, 0.4) is 0 Å². The van der Waals surface area contributed by atoms with Crippen LogP contribution in [0.5, 0.6) is 0 Å². The van der Waals surface area contributed by atoms with E-state index in [1.54, 1.807) is 39.2 Å². The number of hydrogen-bond acceptors (Lipinski definition) is 9. The predicted octanol–water partition coefficient (Wildman–Crippen LogP) is -0.703. The Kier molecular flexibility index (Phi) is 13.0. The number of amides is 1. The van der Waals surface area contributed by atoms with Gasteiger partial charge in [-0.15, -0.1) is 0 Å². The van der Waals surface area contributed by atoms with Crippen molar-refractivity contribution in [2.75, 3.05) is 65.4 Å². The lowest BCUT2D eigenvalue weighted by Gasteiger charge is -2.31. The molecule has 0 saturated carbocycles. The number of nitrogens with zero attached hydrogens (tertiary/aromatic N) is 5. The molecule has 1 amide bonds. The van der Waals surface area contributed by atoms with E-state index in [1.165, 1.54) is 11.1 Å². The SMILES string of the molecule is CCCCNC(=O)c1ccc(CN2/C=C\N(CC(=O)O)CCN(CC(=O)O)CCN(CC(=O)O)CC2)[n+]([O-])c1. The van der Waals surface area contributed by atoms with Crippen molar-refractivity contribution in [2.45, 2.75) is 26.3 Å². The van der Waals surface area contributed by atoms with E-state index in [1.807, 2.05) is 6.92 Å². The van der Waals surface area contributed by atoms with E-state index in [9.17, 15) is 39.7 Å². The van der Waals surface area contributed by atoms with Crippen LogP contribution < -0.4 is 10.0 Å². The third kappa shape index (κ3) is 12.0. The first-order valence-electron chi connectivity index (χ1n) is 12.8. The van der Waals surface area contributed by atoms with Gasteiger partial charge >= 0.3 is 17.9 Å². The molecule has 1 aliphatic rings. The first kappa shape index (κ1) is 31.3. The Hall–Kier alpha value is -3.91. The Labute approximate surface area is 227 Å². The number of carbonyl (C=O) groups is 4. The van der Waals surface area contributed by atoms with Crippen LogP contribution in [0.4, 0.5) is 0 Å². The fourth-order valence-corrected chi connectivity index (χ4v) is 3.98. The fourth-order valence-electron chi connectivity index (χ4n) is 3.98. The lowest BCUT2D eigenvalue weighted by atomic mass is 10.2. The van der Waals surface area contributed by atoms with Gasteiger partial charge in [-0.1, -0.05) is 13.3 Å². The lowest BCUT2D eigenvalue weighted by Crippen LogP contribution is -2.45. The summed E-state index contributed by atoms with van der Waals surface area (Å²) in [5.74, 6) is -3.45. The fraction of sp³-hybridized carbons (Fsp3) is 0.560. The molecule has 0 bridgehead atoms. The molecule has 4 N–H and O–H groups in total. The number of carbonyl (C=O) groups excluding carboxylic acids is 1. The van der Waals surface area contributed by atoms with E-state index < -0.39 is 17.9 Å². The molecular weight excluding hydrogens is 512 g/mol. The van der Waals surface area contributed by atoms with E-state index >= 15 is 0 Å². The van der Waals surface area contributed by atoms with Gasteiger partial charge in [-0.2, -0.15) is 4.73 Å². The molecule has 14 heteroatoms. The molecule has 2 heterocycles. The van der Waals surface area contributed by atoms with Crippen LogP contribution in [-0.2, 0) is 20.9 Å².